The lowest BCUT2D eigenvalue weighted by molar-refractivity contribution is 0.618. The van der Waals surface area contributed by atoms with Gasteiger partial charge in [-0.25, -0.2) is 8.78 Å². The van der Waals surface area contributed by atoms with E-state index < -0.39 is 0 Å². The molecule has 0 nitrogen and oxygen atoms in total. The van der Waals surface area contributed by atoms with E-state index in [0.29, 0.717) is 16.3 Å². The van der Waals surface area contributed by atoms with Crippen molar-refractivity contribution in [3.63, 3.8) is 0 Å². The van der Waals surface area contributed by atoms with Crippen LogP contribution in [0.5, 0.6) is 0 Å². The molecule has 0 fully saturated rings. The van der Waals surface area contributed by atoms with Gasteiger partial charge in [-0.15, -0.1) is 0 Å². The van der Waals surface area contributed by atoms with Crippen molar-refractivity contribution < 1.29 is 8.78 Å². The van der Waals surface area contributed by atoms with Gasteiger partial charge in [-0.05, 0) is 36.1 Å². The lowest BCUT2D eigenvalue weighted by Gasteiger charge is -2.01. The van der Waals surface area contributed by atoms with Crippen LogP contribution in [0.1, 0.15) is 5.56 Å². The molecular formula is C11H8F2. The van der Waals surface area contributed by atoms with Gasteiger partial charge in [0.2, 0.25) is 0 Å². The summed E-state index contributed by atoms with van der Waals surface area (Å²) in [6.45, 7) is 1.63. The third-order valence-electron chi connectivity index (χ3n) is 2.11. The van der Waals surface area contributed by atoms with Crippen molar-refractivity contribution in [2.24, 2.45) is 0 Å². The van der Waals surface area contributed by atoms with Crippen LogP contribution >= 0.6 is 0 Å². The van der Waals surface area contributed by atoms with E-state index in [-0.39, 0.29) is 11.6 Å². The average Bonchev–Trinajstić information content (AvgIpc) is 2.09. The van der Waals surface area contributed by atoms with Crippen LogP contribution in [0.25, 0.3) is 10.8 Å². The molecule has 0 amide bonds. The van der Waals surface area contributed by atoms with Crippen LogP contribution < -0.4 is 0 Å². The van der Waals surface area contributed by atoms with Crippen LogP contribution in [0, 0.1) is 18.6 Å². The molecule has 0 saturated carbocycles. The van der Waals surface area contributed by atoms with Gasteiger partial charge in [-0.2, -0.15) is 0 Å². The summed E-state index contributed by atoms with van der Waals surface area (Å²) in [5.74, 6) is -0.598. The van der Waals surface area contributed by atoms with Crippen LogP contribution in [0.4, 0.5) is 8.78 Å². The molecule has 2 aromatic carbocycles. The van der Waals surface area contributed by atoms with E-state index in [0.717, 1.165) is 0 Å². The topological polar surface area (TPSA) is 0 Å². The monoisotopic (exact) mass is 178 g/mol. The predicted molar refractivity (Wildman–Crippen MR) is 48.6 cm³/mol. The van der Waals surface area contributed by atoms with Crippen LogP contribution in [0.3, 0.4) is 0 Å². The zero-order chi connectivity index (χ0) is 9.42. The molecule has 0 atom stereocenters. The Labute approximate surface area is 74.8 Å². The predicted octanol–water partition coefficient (Wildman–Crippen LogP) is 3.43. The van der Waals surface area contributed by atoms with Gasteiger partial charge in [-0.1, -0.05) is 12.1 Å². The van der Waals surface area contributed by atoms with Gasteiger partial charge in [-0.3, -0.25) is 0 Å². The number of halogens is 2. The minimum atomic E-state index is -0.305. The Morgan fingerprint density at radius 3 is 2.54 bits per heavy atom. The Balaban J connectivity index is 2.89. The summed E-state index contributed by atoms with van der Waals surface area (Å²) in [5, 5.41) is 1.07. The maximum absolute atomic E-state index is 13.2. The van der Waals surface area contributed by atoms with Gasteiger partial charge >= 0.3 is 0 Å². The summed E-state index contributed by atoms with van der Waals surface area (Å²) >= 11 is 0. The molecule has 0 N–H and O–H groups in total. The summed E-state index contributed by atoms with van der Waals surface area (Å²) in [7, 11) is 0. The van der Waals surface area contributed by atoms with Crippen molar-refractivity contribution in [3.05, 3.63) is 47.5 Å². The Morgan fingerprint density at radius 1 is 1.00 bits per heavy atom. The molecule has 66 valence electrons. The third-order valence-corrected chi connectivity index (χ3v) is 2.11. The van der Waals surface area contributed by atoms with Gasteiger partial charge < -0.3 is 0 Å². The molecular weight excluding hydrogens is 170 g/mol. The van der Waals surface area contributed by atoms with E-state index in [1.54, 1.807) is 19.1 Å². The number of hydrogen-bond acceptors (Lipinski definition) is 0. The molecule has 2 rings (SSSR count). The second-order valence-electron chi connectivity index (χ2n) is 3.06. The number of rotatable bonds is 0. The van der Waals surface area contributed by atoms with E-state index in [1.807, 2.05) is 0 Å². The molecule has 0 aliphatic carbocycles. The van der Waals surface area contributed by atoms with Gasteiger partial charge in [0, 0.05) is 5.39 Å². The van der Waals surface area contributed by atoms with Crippen LogP contribution in [0.15, 0.2) is 30.3 Å². The van der Waals surface area contributed by atoms with Crippen molar-refractivity contribution in [2.75, 3.05) is 0 Å². The molecule has 2 heteroatoms. The highest BCUT2D eigenvalue weighted by Gasteiger charge is 2.03. The summed E-state index contributed by atoms with van der Waals surface area (Å²) < 4.78 is 26.2. The van der Waals surface area contributed by atoms with Crippen molar-refractivity contribution >= 4 is 10.8 Å². The third kappa shape index (κ3) is 1.28. The normalized spacial score (nSPS) is 10.7. The van der Waals surface area contributed by atoms with Gasteiger partial charge in [0.05, 0.1) is 0 Å². The van der Waals surface area contributed by atoms with Gasteiger partial charge in [0.15, 0.2) is 0 Å². The average molecular weight is 178 g/mol. The van der Waals surface area contributed by atoms with Crippen LogP contribution in [-0.4, -0.2) is 0 Å². The second-order valence-corrected chi connectivity index (χ2v) is 3.06. The summed E-state index contributed by atoms with van der Waals surface area (Å²) in [6.07, 6.45) is 0. The molecule has 0 saturated heterocycles. The lowest BCUT2D eigenvalue weighted by Crippen LogP contribution is -1.85. The zero-order valence-electron chi connectivity index (χ0n) is 7.14. The molecule has 0 heterocycles. The fraction of sp³-hybridized carbons (Fsp3) is 0.0909. The molecule has 0 aromatic heterocycles. The Hall–Kier alpha value is -1.44. The zero-order valence-corrected chi connectivity index (χ0v) is 7.14. The Kier molecular flexibility index (Phi) is 1.76. The summed E-state index contributed by atoms with van der Waals surface area (Å²) in [4.78, 5) is 0. The lowest BCUT2D eigenvalue weighted by atomic mass is 10.1. The summed E-state index contributed by atoms with van der Waals surface area (Å²) in [5.41, 5.74) is 0.470. The fourth-order valence-electron chi connectivity index (χ4n) is 1.37. The quantitative estimate of drug-likeness (QED) is 0.579. The summed E-state index contributed by atoms with van der Waals surface area (Å²) in [6, 6.07) is 7.53. The number of aryl methyl sites for hydroxylation is 1. The standard InChI is InChI=1S/C11H8F2/c1-7-5-9-8(6-11(7)13)3-2-4-10(9)12/h2-6H,1H3. The number of benzene rings is 2. The first-order valence-electron chi connectivity index (χ1n) is 4.03. The molecule has 13 heavy (non-hydrogen) atoms. The molecule has 0 spiro atoms. The Bertz CT molecular complexity index is 461. The van der Waals surface area contributed by atoms with Crippen molar-refractivity contribution in [2.45, 2.75) is 6.92 Å². The molecule has 0 aliphatic heterocycles. The smallest absolute Gasteiger partial charge is 0.131 e. The second kappa shape index (κ2) is 2.80. The minimum Gasteiger partial charge on any atom is -0.207 e. The molecule has 0 bridgehead atoms. The highest BCUT2D eigenvalue weighted by atomic mass is 19.1. The molecule has 0 unspecified atom stereocenters. The first kappa shape index (κ1) is 8.17. The molecule has 0 aliphatic rings. The maximum Gasteiger partial charge on any atom is 0.131 e. The first-order valence-corrected chi connectivity index (χ1v) is 4.03. The first-order chi connectivity index (χ1) is 6.18. The van der Waals surface area contributed by atoms with Crippen molar-refractivity contribution in [1.29, 1.82) is 0 Å². The van der Waals surface area contributed by atoms with Gasteiger partial charge in [0.25, 0.3) is 0 Å². The number of hydrogen-bond donors (Lipinski definition) is 0. The van der Waals surface area contributed by atoms with E-state index in [9.17, 15) is 8.78 Å². The van der Waals surface area contributed by atoms with Gasteiger partial charge in [0.1, 0.15) is 11.6 Å². The highest BCUT2D eigenvalue weighted by molar-refractivity contribution is 5.83. The van der Waals surface area contributed by atoms with Crippen molar-refractivity contribution in [3.8, 4) is 0 Å². The SMILES string of the molecule is Cc1cc2c(F)cccc2cc1F. The maximum atomic E-state index is 13.2. The van der Waals surface area contributed by atoms with Crippen molar-refractivity contribution in [1.82, 2.24) is 0 Å². The van der Waals surface area contributed by atoms with E-state index in [4.69, 9.17) is 0 Å². The Morgan fingerprint density at radius 2 is 1.77 bits per heavy atom. The van der Waals surface area contributed by atoms with E-state index >= 15 is 0 Å². The highest BCUT2D eigenvalue weighted by Crippen LogP contribution is 2.21. The van der Waals surface area contributed by atoms with Crippen LogP contribution in [-0.2, 0) is 0 Å². The number of fused-ring (bicyclic) bond motifs is 1. The van der Waals surface area contributed by atoms with Crippen LogP contribution in [0.2, 0.25) is 0 Å². The fourth-order valence-corrected chi connectivity index (χ4v) is 1.37. The minimum absolute atomic E-state index is 0.293. The van der Waals surface area contributed by atoms with E-state index in [1.165, 1.54) is 18.2 Å². The molecule has 2 aromatic rings. The van der Waals surface area contributed by atoms with E-state index in [2.05, 4.69) is 0 Å². The largest absolute Gasteiger partial charge is 0.207 e. The molecule has 0 radical (unpaired) electrons.